The lowest BCUT2D eigenvalue weighted by Crippen LogP contribution is -2.19. The Kier molecular flexibility index (Phi) is 3.11. The number of hydrogen-bond acceptors (Lipinski definition) is 1. The van der Waals surface area contributed by atoms with Gasteiger partial charge in [-0.2, -0.15) is 0 Å². The summed E-state index contributed by atoms with van der Waals surface area (Å²) in [5, 5.41) is 1.19. The molecule has 0 saturated carbocycles. The Morgan fingerprint density at radius 2 is 2.00 bits per heavy atom. The smallest absolute Gasteiger partial charge is 0.134 e. The summed E-state index contributed by atoms with van der Waals surface area (Å²) in [5.74, 6) is 1.07. The molecule has 1 aromatic heterocycles. The number of furan rings is 1. The van der Waals surface area contributed by atoms with Crippen LogP contribution in [0.4, 0.5) is 0 Å². The van der Waals surface area contributed by atoms with Crippen LogP contribution in [0.2, 0.25) is 0 Å². The molecule has 0 radical (unpaired) electrons. The zero-order valence-electron chi connectivity index (χ0n) is 9.96. The Hall–Kier alpha value is -0.760. The second-order valence-electron chi connectivity index (χ2n) is 5.02. The molecule has 16 heavy (non-hydrogen) atoms. The predicted molar refractivity (Wildman–Crippen MR) is 72.2 cm³/mol. The molecule has 0 saturated heterocycles. The van der Waals surface area contributed by atoms with Crippen LogP contribution in [0.3, 0.4) is 0 Å². The lowest BCUT2D eigenvalue weighted by Gasteiger charge is -2.23. The number of fused-ring (bicyclic) bond motifs is 1. The zero-order chi connectivity index (χ0) is 11.8. The molecule has 0 fully saturated rings. The fraction of sp³-hybridized carbons (Fsp3) is 0.429. The van der Waals surface area contributed by atoms with Crippen LogP contribution >= 0.6 is 15.9 Å². The third kappa shape index (κ3) is 2.32. The predicted octanol–water partition coefficient (Wildman–Crippen LogP) is 4.88. The van der Waals surface area contributed by atoms with E-state index in [9.17, 15) is 0 Å². The molecule has 0 amide bonds. The monoisotopic (exact) mass is 280 g/mol. The molecule has 2 aromatic rings. The SMILES string of the molecule is CC(Br)CC(C)(C)c1cc2ccccc2o1. The molecule has 0 aliphatic heterocycles. The minimum Gasteiger partial charge on any atom is -0.461 e. The van der Waals surface area contributed by atoms with Gasteiger partial charge in [-0.3, -0.25) is 0 Å². The number of hydrogen-bond donors (Lipinski definition) is 0. The molecule has 1 heterocycles. The third-order valence-corrected chi connectivity index (χ3v) is 3.21. The summed E-state index contributed by atoms with van der Waals surface area (Å²) in [5.41, 5.74) is 1.05. The normalized spacial score (nSPS) is 14.2. The molecule has 0 aliphatic rings. The van der Waals surface area contributed by atoms with Gasteiger partial charge in [0.1, 0.15) is 11.3 Å². The van der Waals surface area contributed by atoms with Crippen LogP contribution in [-0.4, -0.2) is 4.83 Å². The van der Waals surface area contributed by atoms with Crippen molar-refractivity contribution in [1.29, 1.82) is 0 Å². The quantitative estimate of drug-likeness (QED) is 0.730. The molecule has 1 atom stereocenters. The average Bonchev–Trinajstić information content (AvgIpc) is 2.59. The highest BCUT2D eigenvalue weighted by Gasteiger charge is 2.26. The first-order valence-corrected chi connectivity index (χ1v) is 6.54. The highest BCUT2D eigenvalue weighted by Crippen LogP contribution is 2.34. The van der Waals surface area contributed by atoms with E-state index >= 15 is 0 Å². The van der Waals surface area contributed by atoms with Gasteiger partial charge in [-0.05, 0) is 18.6 Å². The van der Waals surface area contributed by atoms with Crippen molar-refractivity contribution in [2.45, 2.75) is 37.4 Å². The number of para-hydroxylation sites is 1. The van der Waals surface area contributed by atoms with Crippen LogP contribution in [0.5, 0.6) is 0 Å². The second kappa shape index (κ2) is 4.25. The van der Waals surface area contributed by atoms with Crippen molar-refractivity contribution in [3.8, 4) is 0 Å². The van der Waals surface area contributed by atoms with E-state index < -0.39 is 0 Å². The van der Waals surface area contributed by atoms with Gasteiger partial charge < -0.3 is 4.42 Å². The molecule has 0 spiro atoms. The average molecular weight is 281 g/mol. The molecule has 0 bridgehead atoms. The van der Waals surface area contributed by atoms with Crippen molar-refractivity contribution >= 4 is 26.9 Å². The van der Waals surface area contributed by atoms with Crippen LogP contribution in [0.1, 0.15) is 33.0 Å². The maximum Gasteiger partial charge on any atom is 0.134 e. The highest BCUT2D eigenvalue weighted by atomic mass is 79.9. The summed E-state index contributed by atoms with van der Waals surface area (Å²) in [4.78, 5) is 0.496. The topological polar surface area (TPSA) is 13.1 Å². The van der Waals surface area contributed by atoms with Crippen LogP contribution in [-0.2, 0) is 5.41 Å². The summed E-state index contributed by atoms with van der Waals surface area (Å²) in [7, 11) is 0. The van der Waals surface area contributed by atoms with Gasteiger partial charge in [-0.1, -0.05) is 54.9 Å². The second-order valence-corrected chi connectivity index (χ2v) is 6.58. The van der Waals surface area contributed by atoms with Gasteiger partial charge >= 0.3 is 0 Å². The van der Waals surface area contributed by atoms with Crippen molar-refractivity contribution < 1.29 is 4.42 Å². The number of alkyl halides is 1. The van der Waals surface area contributed by atoms with Gasteiger partial charge in [0.2, 0.25) is 0 Å². The van der Waals surface area contributed by atoms with E-state index in [1.54, 1.807) is 0 Å². The highest BCUT2D eigenvalue weighted by molar-refractivity contribution is 9.09. The molecule has 0 N–H and O–H groups in total. The zero-order valence-corrected chi connectivity index (χ0v) is 11.5. The maximum atomic E-state index is 5.91. The lowest BCUT2D eigenvalue weighted by atomic mass is 9.85. The van der Waals surface area contributed by atoms with Crippen molar-refractivity contribution in [3.63, 3.8) is 0 Å². The summed E-state index contributed by atoms with van der Waals surface area (Å²) in [6.45, 7) is 6.62. The molecular weight excluding hydrogens is 264 g/mol. The Morgan fingerprint density at radius 1 is 1.31 bits per heavy atom. The molecule has 2 heteroatoms. The minimum absolute atomic E-state index is 0.0714. The molecular formula is C14H17BrO. The Labute approximate surface area is 105 Å². The first kappa shape index (κ1) is 11.7. The van der Waals surface area contributed by atoms with Gasteiger partial charge in [0.25, 0.3) is 0 Å². The van der Waals surface area contributed by atoms with Gasteiger partial charge in [-0.25, -0.2) is 0 Å². The molecule has 0 aliphatic carbocycles. The van der Waals surface area contributed by atoms with Crippen molar-refractivity contribution in [3.05, 3.63) is 36.1 Å². The Balaban J connectivity index is 2.39. The van der Waals surface area contributed by atoms with Gasteiger partial charge in [0, 0.05) is 15.6 Å². The summed E-state index contributed by atoms with van der Waals surface area (Å²) in [6, 6.07) is 10.3. The molecule has 2 rings (SSSR count). The molecule has 1 unspecified atom stereocenters. The largest absolute Gasteiger partial charge is 0.461 e. The lowest BCUT2D eigenvalue weighted by molar-refractivity contribution is 0.380. The van der Waals surface area contributed by atoms with Crippen LogP contribution in [0.25, 0.3) is 11.0 Å². The first-order chi connectivity index (χ1) is 7.49. The molecule has 86 valence electrons. The molecule has 1 nitrogen and oxygen atoms in total. The number of halogens is 1. The van der Waals surface area contributed by atoms with Crippen molar-refractivity contribution in [2.24, 2.45) is 0 Å². The van der Waals surface area contributed by atoms with E-state index in [0.717, 1.165) is 17.8 Å². The Bertz CT molecular complexity index is 449. The summed E-state index contributed by atoms with van der Waals surface area (Å²) in [6.07, 6.45) is 1.06. The first-order valence-electron chi connectivity index (χ1n) is 5.62. The Morgan fingerprint density at radius 3 is 2.62 bits per heavy atom. The van der Waals surface area contributed by atoms with Gasteiger partial charge in [-0.15, -0.1) is 0 Å². The maximum absolute atomic E-state index is 5.91. The number of benzene rings is 1. The van der Waals surface area contributed by atoms with Gasteiger partial charge in [0.15, 0.2) is 0 Å². The van der Waals surface area contributed by atoms with Gasteiger partial charge in [0.05, 0.1) is 0 Å². The number of rotatable bonds is 3. The van der Waals surface area contributed by atoms with E-state index in [4.69, 9.17) is 4.42 Å². The van der Waals surface area contributed by atoms with E-state index in [0.29, 0.717) is 4.83 Å². The van der Waals surface area contributed by atoms with Crippen LogP contribution < -0.4 is 0 Å². The molecule has 1 aromatic carbocycles. The van der Waals surface area contributed by atoms with Crippen molar-refractivity contribution in [1.82, 2.24) is 0 Å². The van der Waals surface area contributed by atoms with Crippen LogP contribution in [0, 0.1) is 0 Å². The fourth-order valence-corrected chi connectivity index (χ4v) is 2.93. The van der Waals surface area contributed by atoms with Crippen molar-refractivity contribution in [2.75, 3.05) is 0 Å². The third-order valence-electron chi connectivity index (χ3n) is 2.88. The van der Waals surface area contributed by atoms with Crippen LogP contribution in [0.15, 0.2) is 34.7 Å². The van der Waals surface area contributed by atoms with E-state index in [-0.39, 0.29) is 5.41 Å². The van der Waals surface area contributed by atoms with E-state index in [1.165, 1.54) is 5.39 Å². The minimum atomic E-state index is 0.0714. The summed E-state index contributed by atoms with van der Waals surface area (Å²) < 4.78 is 5.91. The van der Waals surface area contributed by atoms with E-state index in [2.05, 4.69) is 48.8 Å². The standard InChI is InChI=1S/C14H17BrO/c1-10(15)9-14(2,3)13-8-11-6-4-5-7-12(11)16-13/h4-8,10H,9H2,1-3H3. The van der Waals surface area contributed by atoms with E-state index in [1.807, 2.05) is 18.2 Å². The summed E-state index contributed by atoms with van der Waals surface area (Å²) >= 11 is 3.61. The fourth-order valence-electron chi connectivity index (χ4n) is 2.12.